The molecule has 0 spiro atoms. The zero-order chi connectivity index (χ0) is 18.7. The molecule has 0 saturated heterocycles. The molecular formula is C19H27NO5S. The van der Waals surface area contributed by atoms with E-state index in [9.17, 15) is 13.5 Å². The normalized spacial score (nSPS) is 36.1. The summed E-state index contributed by atoms with van der Waals surface area (Å²) >= 11 is 0. The zero-order valence-corrected chi connectivity index (χ0v) is 16.1. The molecule has 3 N–H and O–H groups in total. The van der Waals surface area contributed by atoms with Crippen LogP contribution in [-0.2, 0) is 20.9 Å². The zero-order valence-electron chi connectivity index (χ0n) is 15.3. The summed E-state index contributed by atoms with van der Waals surface area (Å²) in [6, 6.07) is 3.84. The predicted molar refractivity (Wildman–Crippen MR) is 97.3 cm³/mol. The van der Waals surface area contributed by atoms with Crippen LogP contribution in [-0.4, -0.2) is 26.7 Å². The van der Waals surface area contributed by atoms with E-state index in [0.29, 0.717) is 23.5 Å². The molecule has 0 aromatic heterocycles. The van der Waals surface area contributed by atoms with Gasteiger partial charge in [-0.25, -0.2) is 5.14 Å². The first kappa shape index (κ1) is 18.1. The summed E-state index contributed by atoms with van der Waals surface area (Å²) in [5.74, 6) is 2.09. The Hall–Kier alpha value is -1.31. The van der Waals surface area contributed by atoms with Crippen LogP contribution in [0.5, 0.6) is 11.5 Å². The summed E-state index contributed by atoms with van der Waals surface area (Å²) < 4.78 is 33.5. The second-order valence-corrected chi connectivity index (χ2v) is 9.52. The number of hydrogen-bond donors (Lipinski definition) is 2. The van der Waals surface area contributed by atoms with E-state index in [1.165, 1.54) is 11.1 Å². The van der Waals surface area contributed by atoms with Gasteiger partial charge < -0.3 is 9.84 Å². The minimum absolute atomic E-state index is 0.147. The van der Waals surface area contributed by atoms with Crippen LogP contribution >= 0.6 is 0 Å². The molecule has 7 heteroatoms. The highest BCUT2D eigenvalue weighted by Crippen LogP contribution is 2.62. The lowest BCUT2D eigenvalue weighted by Crippen LogP contribution is -2.45. The molecule has 2 saturated carbocycles. The molecule has 26 heavy (non-hydrogen) atoms. The molecule has 5 atom stereocenters. The Labute approximate surface area is 154 Å². The monoisotopic (exact) mass is 381 g/mol. The van der Waals surface area contributed by atoms with Crippen LogP contribution in [0.2, 0.25) is 0 Å². The molecule has 6 nitrogen and oxygen atoms in total. The second kappa shape index (κ2) is 6.11. The van der Waals surface area contributed by atoms with E-state index in [1.54, 1.807) is 7.11 Å². The lowest BCUT2D eigenvalue weighted by Gasteiger charge is -2.50. The van der Waals surface area contributed by atoms with Crippen molar-refractivity contribution < 1.29 is 22.4 Å². The molecule has 1 aromatic rings. The van der Waals surface area contributed by atoms with Crippen molar-refractivity contribution in [2.24, 2.45) is 22.4 Å². The van der Waals surface area contributed by atoms with Crippen LogP contribution in [0.4, 0.5) is 0 Å². The van der Waals surface area contributed by atoms with Crippen LogP contribution < -0.4 is 9.88 Å². The largest absolute Gasteiger partial charge is 0.504 e. The molecule has 0 aliphatic heterocycles. The lowest BCUT2D eigenvalue weighted by atomic mass is 9.55. The van der Waals surface area contributed by atoms with E-state index in [4.69, 9.17) is 14.1 Å². The van der Waals surface area contributed by atoms with Crippen molar-refractivity contribution in [1.82, 2.24) is 0 Å². The van der Waals surface area contributed by atoms with Crippen molar-refractivity contribution in [3.05, 3.63) is 23.3 Å². The highest BCUT2D eigenvalue weighted by molar-refractivity contribution is 7.84. The van der Waals surface area contributed by atoms with Crippen LogP contribution in [0.15, 0.2) is 12.1 Å². The Bertz CT molecular complexity index is 823. The number of aryl methyl sites for hydroxylation is 1. The number of phenolic OH excluding ortho intramolecular Hbond substituents is 1. The van der Waals surface area contributed by atoms with Crippen molar-refractivity contribution in [2.75, 3.05) is 7.11 Å². The molecule has 0 heterocycles. The summed E-state index contributed by atoms with van der Waals surface area (Å²) in [7, 11) is -2.36. The van der Waals surface area contributed by atoms with Gasteiger partial charge in [-0.3, -0.25) is 4.18 Å². The van der Waals surface area contributed by atoms with Gasteiger partial charge in [0.25, 0.3) is 0 Å². The number of hydrogen-bond acceptors (Lipinski definition) is 5. The van der Waals surface area contributed by atoms with Crippen molar-refractivity contribution in [3.8, 4) is 11.5 Å². The maximum atomic E-state index is 11.5. The van der Waals surface area contributed by atoms with Gasteiger partial charge in [-0.05, 0) is 85.0 Å². The van der Waals surface area contributed by atoms with Gasteiger partial charge in [-0.15, -0.1) is 0 Å². The molecule has 0 unspecified atom stereocenters. The number of methoxy groups -OCH3 is 1. The maximum absolute atomic E-state index is 11.5. The molecule has 2 fully saturated rings. The van der Waals surface area contributed by atoms with E-state index in [0.717, 1.165) is 38.5 Å². The lowest BCUT2D eigenvalue weighted by molar-refractivity contribution is -0.00806. The smallest absolute Gasteiger partial charge is 0.333 e. The third-order valence-electron chi connectivity index (χ3n) is 7.19. The number of benzene rings is 1. The number of aromatic hydroxyl groups is 1. The van der Waals surface area contributed by atoms with Gasteiger partial charge in [0.1, 0.15) is 0 Å². The van der Waals surface area contributed by atoms with Crippen LogP contribution in [0.3, 0.4) is 0 Å². The fourth-order valence-corrected chi connectivity index (χ4v) is 6.66. The van der Waals surface area contributed by atoms with Gasteiger partial charge >= 0.3 is 10.3 Å². The second-order valence-electron chi connectivity index (χ2n) is 8.34. The number of nitrogens with two attached hydrogens (primary N) is 1. The summed E-state index contributed by atoms with van der Waals surface area (Å²) in [4.78, 5) is 0. The standard InChI is InChI=1S/C19H27NO5S/c1-19-8-7-12-13(15(19)5-6-18(19)25-26(20,22)23)4-3-11-9-16(21)17(24-2)10-14(11)12/h9-10,12-13,15,18,21H,3-8H2,1-2H3,(H2,20,22,23)/t12-,13+,15-,18-,19-/m0/s1. The van der Waals surface area contributed by atoms with Gasteiger partial charge in [0, 0.05) is 0 Å². The molecule has 1 aromatic carbocycles. The first-order valence-electron chi connectivity index (χ1n) is 9.33. The van der Waals surface area contributed by atoms with E-state index < -0.39 is 10.3 Å². The van der Waals surface area contributed by atoms with Crippen LogP contribution in [0.25, 0.3) is 0 Å². The first-order chi connectivity index (χ1) is 12.2. The average Bonchev–Trinajstić information content (AvgIpc) is 2.89. The molecule has 0 radical (unpaired) electrons. The Morgan fingerprint density at radius 2 is 2.00 bits per heavy atom. The van der Waals surface area contributed by atoms with E-state index in [1.807, 2.05) is 12.1 Å². The van der Waals surface area contributed by atoms with Gasteiger partial charge in [-0.2, -0.15) is 8.42 Å². The third-order valence-corrected chi connectivity index (χ3v) is 7.69. The van der Waals surface area contributed by atoms with Gasteiger partial charge in [0.15, 0.2) is 11.5 Å². The molecular weight excluding hydrogens is 354 g/mol. The Balaban J connectivity index is 1.65. The average molecular weight is 381 g/mol. The molecule has 3 aliphatic carbocycles. The van der Waals surface area contributed by atoms with E-state index in [-0.39, 0.29) is 17.3 Å². The van der Waals surface area contributed by atoms with Crippen molar-refractivity contribution in [1.29, 1.82) is 0 Å². The third kappa shape index (κ3) is 2.80. The van der Waals surface area contributed by atoms with Gasteiger partial charge in [0.2, 0.25) is 0 Å². The quantitative estimate of drug-likeness (QED) is 0.839. The first-order valence-corrected chi connectivity index (χ1v) is 10.8. The Kier molecular flexibility index (Phi) is 4.24. The summed E-state index contributed by atoms with van der Waals surface area (Å²) in [6.07, 6.45) is 5.30. The summed E-state index contributed by atoms with van der Waals surface area (Å²) in [6.45, 7) is 2.17. The highest BCUT2D eigenvalue weighted by Gasteiger charge is 2.56. The minimum Gasteiger partial charge on any atom is -0.504 e. The van der Waals surface area contributed by atoms with Crippen molar-refractivity contribution in [3.63, 3.8) is 0 Å². The van der Waals surface area contributed by atoms with Crippen molar-refractivity contribution in [2.45, 2.75) is 57.5 Å². The molecule has 0 bridgehead atoms. The fraction of sp³-hybridized carbons (Fsp3) is 0.684. The number of fused-ring (bicyclic) bond motifs is 5. The molecule has 3 aliphatic rings. The van der Waals surface area contributed by atoms with E-state index >= 15 is 0 Å². The molecule has 144 valence electrons. The summed E-state index contributed by atoms with van der Waals surface area (Å²) in [5.41, 5.74) is 2.35. The Morgan fingerprint density at radius 3 is 2.69 bits per heavy atom. The fourth-order valence-electron chi connectivity index (χ4n) is 6.02. The highest BCUT2D eigenvalue weighted by atomic mass is 32.2. The van der Waals surface area contributed by atoms with E-state index in [2.05, 4.69) is 6.92 Å². The topological polar surface area (TPSA) is 98.8 Å². The van der Waals surface area contributed by atoms with Crippen LogP contribution in [0, 0.1) is 17.3 Å². The molecule has 0 amide bonds. The maximum Gasteiger partial charge on any atom is 0.333 e. The SMILES string of the molecule is COc1cc2c(cc1O)CC[C@@H]1[C@@H]2CC[C@]2(C)[C@@H](OS(N)(=O)=O)CC[C@@H]12. The number of ether oxygens (including phenoxy) is 1. The number of rotatable bonds is 3. The van der Waals surface area contributed by atoms with Crippen molar-refractivity contribution >= 4 is 10.3 Å². The summed E-state index contributed by atoms with van der Waals surface area (Å²) in [5, 5.41) is 15.2. The minimum atomic E-state index is -3.93. The Morgan fingerprint density at radius 1 is 1.23 bits per heavy atom. The molecule has 4 rings (SSSR count). The van der Waals surface area contributed by atoms with Gasteiger partial charge in [-0.1, -0.05) is 6.92 Å². The predicted octanol–water partition coefficient (Wildman–Crippen LogP) is 2.85. The van der Waals surface area contributed by atoms with Gasteiger partial charge in [0.05, 0.1) is 13.2 Å². The number of phenols is 1. The van der Waals surface area contributed by atoms with Crippen LogP contribution in [0.1, 0.15) is 56.1 Å².